The van der Waals surface area contributed by atoms with Gasteiger partial charge in [-0.25, -0.2) is 18.6 Å². The Labute approximate surface area is 221 Å². The molecule has 1 aliphatic heterocycles. The number of ether oxygens (including phenoxy) is 1. The van der Waals surface area contributed by atoms with Crippen molar-refractivity contribution in [3.63, 3.8) is 0 Å². The van der Waals surface area contributed by atoms with Crippen LogP contribution in [0, 0.1) is 0 Å². The van der Waals surface area contributed by atoms with Gasteiger partial charge in [0.1, 0.15) is 12.5 Å². The highest BCUT2D eigenvalue weighted by molar-refractivity contribution is 6.76. The second-order valence-electron chi connectivity index (χ2n) is 11.4. The predicted molar refractivity (Wildman–Crippen MR) is 143 cm³/mol. The SMILES string of the molecule is C[Si](C)(C)CCOCn1nc2cc(N(c3ccc(C(=O)N4CCC(F)(F)CC4)cn3)C3CC3)ccn2c1=O. The summed E-state index contributed by atoms with van der Waals surface area (Å²) in [4.78, 5) is 33.7. The van der Waals surface area contributed by atoms with Crippen LogP contribution >= 0.6 is 0 Å². The number of hydrogen-bond acceptors (Lipinski definition) is 6. The minimum atomic E-state index is -2.70. The van der Waals surface area contributed by atoms with E-state index < -0.39 is 14.0 Å². The second kappa shape index (κ2) is 10.2. The fraction of sp³-hybridized carbons (Fsp3) is 0.538. The van der Waals surface area contributed by atoms with Gasteiger partial charge in [-0.3, -0.25) is 9.20 Å². The summed E-state index contributed by atoms with van der Waals surface area (Å²) in [5.74, 6) is -2.31. The Morgan fingerprint density at radius 1 is 1.18 bits per heavy atom. The Bertz CT molecular complexity index is 1350. The van der Waals surface area contributed by atoms with Gasteiger partial charge < -0.3 is 14.5 Å². The summed E-state index contributed by atoms with van der Waals surface area (Å²) in [5, 5.41) is 4.46. The Balaban J connectivity index is 1.31. The molecule has 3 aromatic heterocycles. The van der Waals surface area contributed by atoms with Gasteiger partial charge in [-0.1, -0.05) is 19.6 Å². The van der Waals surface area contributed by atoms with Crippen LogP contribution in [0.25, 0.3) is 5.65 Å². The standard InChI is InChI=1S/C26H34F2N6O3Si/c1-38(2,3)15-14-37-18-33-25(36)32-11-8-21(16-23(32)30-33)34(20-5-6-20)22-7-4-19(17-29-22)24(35)31-12-9-26(27,28)10-13-31/h4,7-8,11,16-17,20H,5-6,9-10,12-15,18H2,1-3H3. The van der Waals surface area contributed by atoms with Gasteiger partial charge in [0.05, 0.1) is 5.56 Å². The highest BCUT2D eigenvalue weighted by Gasteiger charge is 2.36. The number of hydrogen-bond donors (Lipinski definition) is 0. The lowest BCUT2D eigenvalue weighted by Crippen LogP contribution is -2.42. The molecule has 9 nitrogen and oxygen atoms in total. The van der Waals surface area contributed by atoms with Gasteiger partial charge >= 0.3 is 5.69 Å². The van der Waals surface area contributed by atoms with Crippen molar-refractivity contribution in [2.24, 2.45) is 0 Å². The first-order valence-electron chi connectivity index (χ1n) is 13.1. The fourth-order valence-electron chi connectivity index (χ4n) is 4.51. The van der Waals surface area contributed by atoms with Crippen molar-refractivity contribution in [3.05, 3.63) is 52.7 Å². The van der Waals surface area contributed by atoms with Gasteiger partial charge in [-0.15, -0.1) is 5.10 Å². The average Bonchev–Trinajstić information content (AvgIpc) is 3.65. The quantitative estimate of drug-likeness (QED) is 0.294. The van der Waals surface area contributed by atoms with Crippen molar-refractivity contribution in [2.45, 2.75) is 70.1 Å². The van der Waals surface area contributed by atoms with Crippen LogP contribution in [-0.2, 0) is 11.5 Å². The van der Waals surface area contributed by atoms with E-state index in [0.29, 0.717) is 23.6 Å². The van der Waals surface area contributed by atoms with Crippen LogP contribution in [0.3, 0.4) is 0 Å². The number of nitrogens with zero attached hydrogens (tertiary/aromatic N) is 6. The van der Waals surface area contributed by atoms with Gasteiger partial charge in [0.25, 0.3) is 11.8 Å². The summed E-state index contributed by atoms with van der Waals surface area (Å²) in [5.41, 5.74) is 1.49. The molecule has 0 N–H and O–H groups in total. The first-order chi connectivity index (χ1) is 18.0. The van der Waals surface area contributed by atoms with Gasteiger partial charge in [0.15, 0.2) is 5.65 Å². The number of amides is 1. The molecule has 0 atom stereocenters. The minimum absolute atomic E-state index is 0.0389. The lowest BCUT2D eigenvalue weighted by Gasteiger charge is -2.31. The maximum Gasteiger partial charge on any atom is 0.352 e. The number of halogens is 2. The molecule has 0 unspecified atom stereocenters. The van der Waals surface area contributed by atoms with Crippen molar-refractivity contribution in [3.8, 4) is 0 Å². The smallest absolute Gasteiger partial charge is 0.352 e. The van der Waals surface area contributed by atoms with Gasteiger partial charge in [0, 0.05) is 70.8 Å². The molecule has 1 amide bonds. The number of fused-ring (bicyclic) bond motifs is 1. The summed E-state index contributed by atoms with van der Waals surface area (Å²) in [6.45, 7) is 7.62. The van der Waals surface area contributed by atoms with Crippen molar-refractivity contribution in [1.82, 2.24) is 24.1 Å². The molecule has 2 aliphatic rings. The maximum atomic E-state index is 13.5. The van der Waals surface area contributed by atoms with E-state index in [1.165, 1.54) is 20.2 Å². The van der Waals surface area contributed by atoms with Crippen LogP contribution in [0.4, 0.5) is 20.3 Å². The first-order valence-corrected chi connectivity index (χ1v) is 16.8. The van der Waals surface area contributed by atoms with E-state index in [0.717, 1.165) is 24.6 Å². The Morgan fingerprint density at radius 2 is 1.92 bits per heavy atom. The monoisotopic (exact) mass is 544 g/mol. The molecule has 0 spiro atoms. The number of pyridine rings is 2. The molecule has 0 radical (unpaired) electrons. The molecule has 5 rings (SSSR count). The van der Waals surface area contributed by atoms with E-state index in [4.69, 9.17) is 4.74 Å². The van der Waals surface area contributed by atoms with E-state index in [9.17, 15) is 18.4 Å². The molecule has 4 heterocycles. The van der Waals surface area contributed by atoms with Crippen LogP contribution < -0.4 is 10.6 Å². The molecule has 204 valence electrons. The number of aromatic nitrogens is 4. The van der Waals surface area contributed by atoms with Crippen molar-refractivity contribution < 1.29 is 18.3 Å². The number of rotatable bonds is 9. The molecule has 3 aromatic rings. The zero-order chi connectivity index (χ0) is 27.1. The van der Waals surface area contributed by atoms with Crippen LogP contribution in [0.15, 0.2) is 41.5 Å². The third-order valence-electron chi connectivity index (χ3n) is 6.99. The summed E-state index contributed by atoms with van der Waals surface area (Å²) in [6, 6.07) is 8.47. The molecule has 12 heteroatoms. The van der Waals surface area contributed by atoms with Gasteiger partial charge in [-0.05, 0) is 37.1 Å². The van der Waals surface area contributed by atoms with Crippen LogP contribution in [0.5, 0.6) is 0 Å². The number of carbonyl (C=O) groups is 1. The largest absolute Gasteiger partial charge is 0.359 e. The molecule has 38 heavy (non-hydrogen) atoms. The lowest BCUT2D eigenvalue weighted by atomic mass is 10.1. The number of alkyl halides is 2. The second-order valence-corrected chi connectivity index (χ2v) is 17.0. The Kier molecular flexibility index (Phi) is 7.12. The van der Waals surface area contributed by atoms with E-state index in [-0.39, 0.29) is 50.3 Å². The van der Waals surface area contributed by atoms with Crippen LogP contribution in [-0.4, -0.2) is 69.7 Å². The zero-order valence-electron chi connectivity index (χ0n) is 22.1. The van der Waals surface area contributed by atoms with Crippen LogP contribution in [0.1, 0.15) is 36.0 Å². The van der Waals surface area contributed by atoms with E-state index in [1.54, 1.807) is 18.3 Å². The zero-order valence-corrected chi connectivity index (χ0v) is 23.1. The summed E-state index contributed by atoms with van der Waals surface area (Å²) < 4.78 is 35.5. The highest BCUT2D eigenvalue weighted by atomic mass is 28.3. The molecular formula is C26H34F2N6O3Si. The first kappa shape index (κ1) is 26.5. The summed E-state index contributed by atoms with van der Waals surface area (Å²) in [6.07, 6.45) is 4.59. The number of piperidine rings is 1. The van der Waals surface area contributed by atoms with E-state index in [2.05, 4.69) is 34.6 Å². The molecule has 1 saturated heterocycles. The number of anilines is 2. The summed E-state index contributed by atoms with van der Waals surface area (Å²) in [7, 11) is -1.22. The molecule has 0 aromatic carbocycles. The third-order valence-corrected chi connectivity index (χ3v) is 8.70. The molecular weight excluding hydrogens is 510 g/mol. The molecule has 0 bridgehead atoms. The Hall–Kier alpha value is -3.12. The number of likely N-dealkylation sites (tertiary alicyclic amines) is 1. The molecule has 2 fully saturated rings. The van der Waals surface area contributed by atoms with Crippen molar-refractivity contribution in [2.75, 3.05) is 24.6 Å². The number of carbonyl (C=O) groups excluding carboxylic acids is 1. The van der Waals surface area contributed by atoms with Gasteiger partial charge in [-0.2, -0.15) is 4.68 Å². The van der Waals surface area contributed by atoms with Crippen LogP contribution in [0.2, 0.25) is 25.7 Å². The Morgan fingerprint density at radius 3 is 2.55 bits per heavy atom. The third kappa shape index (κ3) is 5.96. The topological polar surface area (TPSA) is 85.0 Å². The lowest BCUT2D eigenvalue weighted by molar-refractivity contribution is -0.0494. The average molecular weight is 545 g/mol. The van der Waals surface area contributed by atoms with Gasteiger partial charge in [0.2, 0.25) is 0 Å². The van der Waals surface area contributed by atoms with Crippen molar-refractivity contribution >= 4 is 31.1 Å². The predicted octanol–water partition coefficient (Wildman–Crippen LogP) is 4.38. The summed E-state index contributed by atoms with van der Waals surface area (Å²) >= 11 is 0. The normalized spacial score (nSPS) is 17.7. The minimum Gasteiger partial charge on any atom is -0.359 e. The maximum absolute atomic E-state index is 13.5. The highest BCUT2D eigenvalue weighted by Crippen LogP contribution is 2.37. The molecule has 1 aliphatic carbocycles. The molecule has 1 saturated carbocycles. The van der Waals surface area contributed by atoms with E-state index in [1.807, 2.05) is 12.1 Å². The van der Waals surface area contributed by atoms with E-state index >= 15 is 0 Å². The van der Waals surface area contributed by atoms with Crippen molar-refractivity contribution in [1.29, 1.82) is 0 Å². The fourth-order valence-corrected chi connectivity index (χ4v) is 5.26.